The molecule has 2 amide bonds. The molecule has 2 atom stereocenters. The molecule has 2 aliphatic heterocycles. The molecule has 0 N–H and O–H groups in total. The van der Waals surface area contributed by atoms with Crippen LogP contribution in [0.5, 0.6) is 5.75 Å². The highest BCUT2D eigenvalue weighted by molar-refractivity contribution is 5.79. The predicted molar refractivity (Wildman–Crippen MR) is 160 cm³/mol. The first-order valence-electron chi connectivity index (χ1n) is 14.9. The number of rotatable bonds is 7. The molecule has 1 aromatic heterocycles. The monoisotopic (exact) mass is 554 g/mol. The Balaban J connectivity index is 1.26. The summed E-state index contributed by atoms with van der Waals surface area (Å²) in [5.74, 6) is 1.78. The van der Waals surface area contributed by atoms with Gasteiger partial charge in [-0.2, -0.15) is 0 Å². The van der Waals surface area contributed by atoms with Crippen LogP contribution in [0.3, 0.4) is 0 Å². The minimum absolute atomic E-state index is 0.167. The molecule has 7 nitrogen and oxygen atoms in total. The molecule has 7 heteroatoms. The van der Waals surface area contributed by atoms with E-state index in [4.69, 9.17) is 4.74 Å². The van der Waals surface area contributed by atoms with Crippen molar-refractivity contribution in [1.82, 2.24) is 19.7 Å². The van der Waals surface area contributed by atoms with Gasteiger partial charge in [-0.05, 0) is 54.9 Å². The van der Waals surface area contributed by atoms with Crippen LogP contribution in [-0.2, 0) is 29.1 Å². The first-order chi connectivity index (χ1) is 20.0. The van der Waals surface area contributed by atoms with Crippen LogP contribution in [0.1, 0.15) is 42.5 Å². The number of aromatic nitrogens is 1. The Kier molecular flexibility index (Phi) is 10.0. The van der Waals surface area contributed by atoms with Crippen LogP contribution >= 0.6 is 0 Å². The number of hydrogen-bond acceptors (Lipinski definition) is 5. The largest absolute Gasteiger partial charge is 0.493 e. The van der Waals surface area contributed by atoms with Crippen molar-refractivity contribution >= 4 is 11.8 Å². The molecule has 0 spiro atoms. The standard InChI is InChI=1S/C34H42N4O3/c1-36(19-17-31-14-7-8-18-35-31)33(39)22-28-16-20-38-25-29(28)13-9-21-41-32-15-6-5-12-30(32)24-37(26-34(38)40)23-27-10-3-2-4-11-27/h2-8,10-12,14-15,18,28-29H,9,13,16-17,19-26H2,1H3/t28-,29-/m0/s1. The molecule has 1 fully saturated rings. The van der Waals surface area contributed by atoms with Gasteiger partial charge in [-0.15, -0.1) is 0 Å². The summed E-state index contributed by atoms with van der Waals surface area (Å²) in [6.45, 7) is 4.40. The molecular formula is C34H42N4O3. The summed E-state index contributed by atoms with van der Waals surface area (Å²) in [4.78, 5) is 37.4. The number of nitrogens with zero attached hydrogens (tertiary/aromatic N) is 4. The lowest BCUT2D eigenvalue weighted by Gasteiger charge is -2.39. The number of piperidine rings is 1. The Bertz CT molecular complexity index is 1270. The van der Waals surface area contributed by atoms with Gasteiger partial charge in [0.15, 0.2) is 0 Å². The third kappa shape index (κ3) is 8.17. The van der Waals surface area contributed by atoms with Gasteiger partial charge in [0.1, 0.15) is 5.75 Å². The molecule has 0 unspecified atom stereocenters. The molecule has 3 heterocycles. The fourth-order valence-corrected chi connectivity index (χ4v) is 6.08. The average molecular weight is 555 g/mol. The number of benzene rings is 2. The van der Waals surface area contributed by atoms with E-state index in [2.05, 4.69) is 28.1 Å². The summed E-state index contributed by atoms with van der Waals surface area (Å²) in [6, 6.07) is 24.4. The number of hydrogen-bond donors (Lipinski definition) is 0. The van der Waals surface area contributed by atoms with E-state index in [1.54, 1.807) is 6.20 Å². The van der Waals surface area contributed by atoms with Crippen molar-refractivity contribution in [2.45, 2.75) is 45.2 Å². The molecule has 2 aliphatic rings. The highest BCUT2D eigenvalue weighted by atomic mass is 16.5. The van der Waals surface area contributed by atoms with Crippen LogP contribution < -0.4 is 4.74 Å². The predicted octanol–water partition coefficient (Wildman–Crippen LogP) is 4.81. The van der Waals surface area contributed by atoms with Gasteiger partial charge in [0.2, 0.25) is 11.8 Å². The molecule has 0 radical (unpaired) electrons. The maximum absolute atomic E-state index is 13.7. The van der Waals surface area contributed by atoms with Gasteiger partial charge in [0, 0.05) is 70.1 Å². The van der Waals surface area contributed by atoms with Gasteiger partial charge in [-0.3, -0.25) is 19.5 Å². The molecule has 0 saturated carbocycles. The van der Waals surface area contributed by atoms with Crippen molar-refractivity contribution in [1.29, 1.82) is 0 Å². The normalized spacial score (nSPS) is 20.1. The lowest BCUT2D eigenvalue weighted by atomic mass is 9.80. The zero-order valence-electron chi connectivity index (χ0n) is 24.2. The third-order valence-electron chi connectivity index (χ3n) is 8.49. The van der Waals surface area contributed by atoms with E-state index < -0.39 is 0 Å². The Labute approximate surface area is 244 Å². The number of fused-ring (bicyclic) bond motifs is 3. The summed E-state index contributed by atoms with van der Waals surface area (Å²) >= 11 is 0. The van der Waals surface area contributed by atoms with Crippen LogP contribution in [0.25, 0.3) is 0 Å². The second-order valence-electron chi connectivity index (χ2n) is 11.5. The number of likely N-dealkylation sites (N-methyl/N-ethyl adjacent to an activating group) is 1. The van der Waals surface area contributed by atoms with Crippen molar-refractivity contribution in [2.24, 2.45) is 11.8 Å². The maximum Gasteiger partial charge on any atom is 0.236 e. The van der Waals surface area contributed by atoms with E-state index in [0.29, 0.717) is 52.3 Å². The Hall–Kier alpha value is -3.71. The molecule has 0 aliphatic carbocycles. The van der Waals surface area contributed by atoms with Gasteiger partial charge in [0.05, 0.1) is 13.2 Å². The Morgan fingerprint density at radius 3 is 2.63 bits per heavy atom. The minimum atomic E-state index is 0.167. The molecule has 5 rings (SSSR count). The highest BCUT2D eigenvalue weighted by Crippen LogP contribution is 2.32. The van der Waals surface area contributed by atoms with E-state index in [9.17, 15) is 9.59 Å². The lowest BCUT2D eigenvalue weighted by Crippen LogP contribution is -2.48. The number of para-hydroxylation sites is 1. The van der Waals surface area contributed by atoms with Gasteiger partial charge < -0.3 is 14.5 Å². The molecular weight excluding hydrogens is 512 g/mol. The van der Waals surface area contributed by atoms with Crippen LogP contribution in [0.15, 0.2) is 79.0 Å². The quantitative estimate of drug-likeness (QED) is 0.419. The number of amides is 2. The third-order valence-corrected chi connectivity index (χ3v) is 8.49. The van der Waals surface area contributed by atoms with Crippen molar-refractivity contribution in [2.75, 3.05) is 39.8 Å². The molecule has 216 valence electrons. The van der Waals surface area contributed by atoms with Crippen LogP contribution in [-0.4, -0.2) is 71.3 Å². The lowest BCUT2D eigenvalue weighted by molar-refractivity contribution is -0.136. The average Bonchev–Trinajstić information content (AvgIpc) is 3.00. The summed E-state index contributed by atoms with van der Waals surface area (Å²) in [5, 5.41) is 0. The second kappa shape index (κ2) is 14.3. The number of carbonyl (C=O) groups excluding carboxylic acids is 2. The van der Waals surface area contributed by atoms with E-state index >= 15 is 0 Å². The Morgan fingerprint density at radius 1 is 1.00 bits per heavy atom. The molecule has 2 bridgehead atoms. The van der Waals surface area contributed by atoms with Gasteiger partial charge in [-0.1, -0.05) is 54.6 Å². The van der Waals surface area contributed by atoms with Gasteiger partial charge in [-0.25, -0.2) is 0 Å². The van der Waals surface area contributed by atoms with Crippen LogP contribution in [0, 0.1) is 11.8 Å². The van der Waals surface area contributed by atoms with Crippen molar-refractivity contribution in [3.63, 3.8) is 0 Å². The van der Waals surface area contributed by atoms with Crippen molar-refractivity contribution in [3.05, 3.63) is 95.8 Å². The van der Waals surface area contributed by atoms with E-state index in [-0.39, 0.29) is 23.7 Å². The molecule has 1 saturated heterocycles. The fraction of sp³-hybridized carbons (Fsp3) is 0.441. The highest BCUT2D eigenvalue weighted by Gasteiger charge is 2.33. The summed E-state index contributed by atoms with van der Waals surface area (Å²) in [6.07, 6.45) is 5.76. The number of carbonyl (C=O) groups is 2. The topological polar surface area (TPSA) is 66.0 Å². The van der Waals surface area contributed by atoms with Gasteiger partial charge >= 0.3 is 0 Å². The summed E-state index contributed by atoms with van der Waals surface area (Å²) in [5.41, 5.74) is 3.29. The first-order valence-corrected chi connectivity index (χ1v) is 14.9. The van der Waals surface area contributed by atoms with E-state index in [1.807, 2.05) is 71.4 Å². The van der Waals surface area contributed by atoms with Gasteiger partial charge in [0.25, 0.3) is 0 Å². The smallest absolute Gasteiger partial charge is 0.236 e. The first kappa shape index (κ1) is 28.8. The van der Waals surface area contributed by atoms with Crippen LogP contribution in [0.4, 0.5) is 0 Å². The summed E-state index contributed by atoms with van der Waals surface area (Å²) in [7, 11) is 1.89. The second-order valence-corrected chi connectivity index (χ2v) is 11.5. The Morgan fingerprint density at radius 2 is 1.80 bits per heavy atom. The van der Waals surface area contributed by atoms with E-state index in [1.165, 1.54) is 5.56 Å². The van der Waals surface area contributed by atoms with Crippen LogP contribution in [0.2, 0.25) is 0 Å². The minimum Gasteiger partial charge on any atom is -0.493 e. The molecule has 2 aromatic carbocycles. The molecule has 3 aromatic rings. The number of ether oxygens (including phenoxy) is 1. The zero-order chi connectivity index (χ0) is 28.4. The fourth-order valence-electron chi connectivity index (χ4n) is 6.08. The number of pyridine rings is 1. The zero-order valence-corrected chi connectivity index (χ0v) is 24.2. The van der Waals surface area contributed by atoms with Crippen molar-refractivity contribution < 1.29 is 14.3 Å². The van der Waals surface area contributed by atoms with Crippen molar-refractivity contribution in [3.8, 4) is 5.75 Å². The molecule has 41 heavy (non-hydrogen) atoms. The SMILES string of the molecule is CN(CCc1ccccn1)C(=O)C[C@@H]1CCN2C[C@@H]1CCCOc1ccccc1CN(Cc1ccccc1)CC2=O. The maximum atomic E-state index is 13.7. The summed E-state index contributed by atoms with van der Waals surface area (Å²) < 4.78 is 6.29. The van der Waals surface area contributed by atoms with E-state index in [0.717, 1.165) is 42.7 Å².